The van der Waals surface area contributed by atoms with E-state index in [1.807, 2.05) is 29.8 Å². The predicted octanol–water partition coefficient (Wildman–Crippen LogP) is 4.39. The van der Waals surface area contributed by atoms with Crippen LogP contribution in [0.4, 0.5) is 4.79 Å². The molecule has 1 aromatic heterocycles. The van der Waals surface area contributed by atoms with E-state index in [1.165, 1.54) is 12.1 Å². The van der Waals surface area contributed by atoms with Crippen LogP contribution in [0.3, 0.4) is 0 Å². The summed E-state index contributed by atoms with van der Waals surface area (Å²) >= 11 is 0. The second-order valence-corrected chi connectivity index (χ2v) is 15.5. The number of benzene rings is 1. The molecule has 2 aromatic rings. The van der Waals surface area contributed by atoms with Crippen molar-refractivity contribution in [1.29, 1.82) is 0 Å². The fourth-order valence-corrected chi connectivity index (χ4v) is 4.68. The van der Waals surface area contributed by atoms with Gasteiger partial charge in [-0.05, 0) is 100 Å². The first-order valence-corrected chi connectivity index (χ1v) is 16.5. The molecule has 0 bridgehead atoms. The van der Waals surface area contributed by atoms with E-state index in [-0.39, 0.29) is 11.3 Å². The van der Waals surface area contributed by atoms with Gasteiger partial charge in [-0.15, -0.1) is 0 Å². The van der Waals surface area contributed by atoms with E-state index in [2.05, 4.69) is 5.32 Å². The normalized spacial score (nSPS) is 14.4. The maximum atomic E-state index is 13.2. The number of aryl methyl sites for hydroxylation is 1. The van der Waals surface area contributed by atoms with Crippen molar-refractivity contribution in [3.05, 3.63) is 53.7 Å². The van der Waals surface area contributed by atoms with E-state index >= 15 is 0 Å². The zero-order valence-electron chi connectivity index (χ0n) is 28.5. The number of pyridine rings is 1. The lowest BCUT2D eigenvalue weighted by atomic mass is 9.92. The number of nitrogens with one attached hydrogen (secondary N) is 1. The third-order valence-electron chi connectivity index (χ3n) is 6.06. The highest BCUT2D eigenvalue weighted by atomic mass is 32.2. The molecule has 3 rings (SSSR count). The van der Waals surface area contributed by atoms with Crippen LogP contribution in [-0.2, 0) is 46.9 Å². The Morgan fingerprint density at radius 1 is 0.870 bits per heavy atom. The summed E-state index contributed by atoms with van der Waals surface area (Å²) in [7, 11) is -4.27. The number of carbonyl (C=O) groups excluding carboxylic acids is 3. The molecule has 2 heterocycles. The lowest BCUT2D eigenvalue weighted by molar-refractivity contribution is -0.680. The minimum absolute atomic E-state index is 0.0126. The third kappa shape index (κ3) is 14.2. The second-order valence-electron chi connectivity index (χ2n) is 14.1. The Labute approximate surface area is 272 Å². The summed E-state index contributed by atoms with van der Waals surface area (Å²) in [5.74, 6) is -1.06. The van der Waals surface area contributed by atoms with Crippen LogP contribution >= 0.6 is 0 Å². The number of carbonyl (C=O) groups is 3. The highest BCUT2D eigenvalue weighted by Crippen LogP contribution is 2.23. The minimum atomic E-state index is -4.27. The van der Waals surface area contributed by atoms with Crippen molar-refractivity contribution in [2.24, 2.45) is 5.92 Å². The number of amides is 1. The molecule has 1 aromatic carbocycles. The SMILES string of the molecule is CC(C)(C)OC(=O)N[C@@H](C[C@H](Cc1ccc2[n+](c1)CCO2)C(=O)OC(C)(C)C)C(=O)OC(C)(C)C.Cc1ccc(S(=O)(=O)[O-])cc1. The predicted molar refractivity (Wildman–Crippen MR) is 168 cm³/mol. The zero-order valence-corrected chi connectivity index (χ0v) is 29.3. The van der Waals surface area contributed by atoms with Gasteiger partial charge in [0.25, 0.3) is 0 Å². The van der Waals surface area contributed by atoms with Crippen molar-refractivity contribution in [1.82, 2.24) is 5.32 Å². The quantitative estimate of drug-likeness (QED) is 0.185. The van der Waals surface area contributed by atoms with Gasteiger partial charge in [0.05, 0.1) is 16.9 Å². The van der Waals surface area contributed by atoms with E-state index in [4.69, 9.17) is 18.9 Å². The van der Waals surface area contributed by atoms with E-state index in [0.717, 1.165) is 23.6 Å². The van der Waals surface area contributed by atoms with Gasteiger partial charge in [0, 0.05) is 5.56 Å². The monoisotopic (exact) mass is 664 g/mol. The lowest BCUT2D eigenvalue weighted by Crippen LogP contribution is -2.48. The van der Waals surface area contributed by atoms with Crippen molar-refractivity contribution >= 4 is 28.1 Å². The summed E-state index contributed by atoms with van der Waals surface area (Å²) in [6.07, 6.45) is 1.47. The molecule has 0 radical (unpaired) electrons. The number of hydrogen-bond acceptors (Lipinski definition) is 10. The van der Waals surface area contributed by atoms with Gasteiger partial charge < -0.3 is 28.8 Å². The van der Waals surface area contributed by atoms with Crippen molar-refractivity contribution in [2.45, 2.75) is 116 Å². The van der Waals surface area contributed by atoms with Gasteiger partial charge in [0.15, 0.2) is 19.3 Å². The molecule has 1 amide bonds. The summed E-state index contributed by atoms with van der Waals surface area (Å²) in [5, 5.41) is 2.60. The van der Waals surface area contributed by atoms with Gasteiger partial charge >= 0.3 is 23.9 Å². The van der Waals surface area contributed by atoms with Crippen LogP contribution in [0.25, 0.3) is 0 Å². The molecule has 1 aliphatic rings. The third-order valence-corrected chi connectivity index (χ3v) is 6.91. The summed E-state index contributed by atoms with van der Waals surface area (Å²) in [6.45, 7) is 18.9. The number of alkyl carbamates (subject to hydrolysis) is 1. The van der Waals surface area contributed by atoms with Crippen LogP contribution in [0.2, 0.25) is 0 Å². The largest absolute Gasteiger partial charge is 0.744 e. The molecule has 0 fully saturated rings. The molecule has 1 aliphatic heterocycles. The molecule has 13 heteroatoms. The molecule has 0 aliphatic carbocycles. The average molecular weight is 665 g/mol. The number of esters is 2. The van der Waals surface area contributed by atoms with Gasteiger partial charge in [-0.25, -0.2) is 18.0 Å². The van der Waals surface area contributed by atoms with Gasteiger partial charge in [-0.2, -0.15) is 4.57 Å². The van der Waals surface area contributed by atoms with E-state index in [0.29, 0.717) is 13.0 Å². The first kappa shape index (κ1) is 38.5. The molecule has 256 valence electrons. The van der Waals surface area contributed by atoms with Crippen molar-refractivity contribution < 1.29 is 50.9 Å². The minimum Gasteiger partial charge on any atom is -0.744 e. The Morgan fingerprint density at radius 3 is 1.93 bits per heavy atom. The molecule has 2 atom stereocenters. The molecule has 46 heavy (non-hydrogen) atoms. The molecular formula is C33H48N2O10S. The Balaban J connectivity index is 0.000000562. The molecule has 0 saturated carbocycles. The number of rotatable bonds is 8. The first-order chi connectivity index (χ1) is 20.9. The highest BCUT2D eigenvalue weighted by Gasteiger charge is 2.35. The van der Waals surface area contributed by atoms with Gasteiger partial charge in [0.1, 0.15) is 33.0 Å². The fourth-order valence-electron chi connectivity index (χ4n) is 4.21. The number of nitrogens with zero attached hydrogens (tertiary/aromatic N) is 1. The Morgan fingerprint density at radius 2 is 1.41 bits per heavy atom. The number of aromatic nitrogens is 1. The van der Waals surface area contributed by atoms with Gasteiger partial charge in [-0.3, -0.25) is 4.79 Å². The smallest absolute Gasteiger partial charge is 0.408 e. The molecule has 0 unspecified atom stereocenters. The van der Waals surface area contributed by atoms with Crippen LogP contribution < -0.4 is 14.6 Å². The molecule has 1 N–H and O–H groups in total. The molecule has 0 spiro atoms. The molecule has 0 saturated heterocycles. The van der Waals surface area contributed by atoms with Crippen LogP contribution in [0.15, 0.2) is 47.5 Å². The van der Waals surface area contributed by atoms with E-state index < -0.39 is 56.9 Å². The van der Waals surface area contributed by atoms with Crippen molar-refractivity contribution in [3.63, 3.8) is 0 Å². The van der Waals surface area contributed by atoms with Crippen LogP contribution in [0.1, 0.15) is 79.9 Å². The Bertz CT molecular complexity index is 1470. The highest BCUT2D eigenvalue weighted by molar-refractivity contribution is 7.85. The first-order valence-electron chi connectivity index (χ1n) is 15.0. The zero-order chi connectivity index (χ0) is 35.1. The number of hydrogen-bond donors (Lipinski definition) is 1. The standard InChI is InChI=1S/C26H40N2O7.C7H8O3S/c1-24(2,3)33-21(29)18(14-17-10-11-20-28(16-17)12-13-32-20)15-19(22(30)34-25(4,5)6)27-23(31)35-26(7,8)9;1-6-2-4-7(5-3-6)11(8,9)10/h10-11,16,18-19H,12-15H2,1-9H3;2-5H,1H3,(H,8,9,10)/t18-,19-;/m0./s1. The number of fused-ring (bicyclic) bond motifs is 1. The van der Waals surface area contributed by atoms with Crippen molar-refractivity contribution in [3.8, 4) is 5.88 Å². The molecule has 12 nitrogen and oxygen atoms in total. The number of ether oxygens (including phenoxy) is 4. The summed E-state index contributed by atoms with van der Waals surface area (Å²) in [5.41, 5.74) is -0.428. The van der Waals surface area contributed by atoms with Gasteiger partial charge in [-0.1, -0.05) is 17.7 Å². The van der Waals surface area contributed by atoms with Crippen LogP contribution in [0, 0.1) is 12.8 Å². The fraction of sp³-hybridized carbons (Fsp3) is 0.576. The summed E-state index contributed by atoms with van der Waals surface area (Å²) in [4.78, 5) is 38.6. The van der Waals surface area contributed by atoms with E-state index in [9.17, 15) is 27.4 Å². The molecular weight excluding hydrogens is 616 g/mol. The lowest BCUT2D eigenvalue weighted by Gasteiger charge is -2.29. The summed E-state index contributed by atoms with van der Waals surface area (Å²) < 4.78 is 55.2. The van der Waals surface area contributed by atoms with Gasteiger partial charge in [0.2, 0.25) is 0 Å². The second kappa shape index (κ2) is 15.3. The maximum absolute atomic E-state index is 13.2. The van der Waals surface area contributed by atoms with E-state index in [1.54, 1.807) is 74.4 Å². The van der Waals surface area contributed by atoms with Crippen molar-refractivity contribution in [2.75, 3.05) is 6.61 Å². The van der Waals surface area contributed by atoms with Crippen LogP contribution in [-0.4, -0.2) is 60.5 Å². The van der Waals surface area contributed by atoms with Crippen LogP contribution in [0.5, 0.6) is 5.88 Å². The maximum Gasteiger partial charge on any atom is 0.408 e. The average Bonchev–Trinajstić information content (AvgIpc) is 3.33. The Kier molecular flexibility index (Phi) is 12.8. The topological polar surface area (TPSA) is 161 Å². The Hall–Kier alpha value is -3.71. The summed E-state index contributed by atoms with van der Waals surface area (Å²) in [6, 6.07) is 8.43.